The van der Waals surface area contributed by atoms with Gasteiger partial charge in [0.25, 0.3) is 0 Å². The summed E-state index contributed by atoms with van der Waals surface area (Å²) in [5.74, 6) is 0.176. The number of amides is 1. The van der Waals surface area contributed by atoms with Crippen molar-refractivity contribution in [3.63, 3.8) is 0 Å². The molecule has 1 aromatic carbocycles. The highest BCUT2D eigenvalue weighted by Crippen LogP contribution is 2.31. The van der Waals surface area contributed by atoms with Gasteiger partial charge in [-0.3, -0.25) is 9.78 Å². The Hall–Kier alpha value is -2.16. The zero-order chi connectivity index (χ0) is 14.5. The minimum Gasteiger partial charge on any atom is -0.355 e. The highest BCUT2D eigenvalue weighted by molar-refractivity contribution is 5.84. The number of hydrogen-bond donors (Lipinski definition) is 1. The SMILES string of the molecule is O=C(NCCc1cccnc1)C1CCCc2ccccc21. The highest BCUT2D eigenvalue weighted by atomic mass is 16.1. The molecule has 1 aliphatic rings. The molecule has 0 saturated heterocycles. The van der Waals surface area contributed by atoms with Gasteiger partial charge in [-0.2, -0.15) is 0 Å². The van der Waals surface area contributed by atoms with Gasteiger partial charge < -0.3 is 5.32 Å². The van der Waals surface area contributed by atoms with E-state index in [4.69, 9.17) is 0 Å². The first-order chi connectivity index (χ1) is 10.3. The maximum absolute atomic E-state index is 12.4. The molecule has 2 aromatic rings. The number of rotatable bonds is 4. The van der Waals surface area contributed by atoms with Crippen LogP contribution in [-0.4, -0.2) is 17.4 Å². The maximum Gasteiger partial charge on any atom is 0.227 e. The van der Waals surface area contributed by atoms with Gasteiger partial charge >= 0.3 is 0 Å². The van der Waals surface area contributed by atoms with E-state index in [0.717, 1.165) is 31.2 Å². The number of nitrogens with one attached hydrogen (secondary N) is 1. The molecular weight excluding hydrogens is 260 g/mol. The van der Waals surface area contributed by atoms with E-state index in [0.29, 0.717) is 6.54 Å². The number of benzene rings is 1. The number of carbonyl (C=O) groups excluding carboxylic acids is 1. The highest BCUT2D eigenvalue weighted by Gasteiger charge is 2.25. The van der Waals surface area contributed by atoms with Gasteiger partial charge in [-0.25, -0.2) is 0 Å². The molecule has 0 saturated carbocycles. The number of fused-ring (bicyclic) bond motifs is 1. The van der Waals surface area contributed by atoms with Gasteiger partial charge in [0.2, 0.25) is 5.91 Å². The van der Waals surface area contributed by atoms with Crippen molar-refractivity contribution in [1.82, 2.24) is 10.3 Å². The van der Waals surface area contributed by atoms with Crippen LogP contribution in [0.3, 0.4) is 0 Å². The second kappa shape index (κ2) is 6.53. The van der Waals surface area contributed by atoms with E-state index in [-0.39, 0.29) is 11.8 Å². The molecular formula is C18H20N2O. The van der Waals surface area contributed by atoms with Crippen molar-refractivity contribution in [2.24, 2.45) is 0 Å². The van der Waals surface area contributed by atoms with Crippen LogP contribution in [0.2, 0.25) is 0 Å². The molecule has 0 spiro atoms. The molecule has 3 nitrogen and oxygen atoms in total. The number of pyridine rings is 1. The summed E-state index contributed by atoms with van der Waals surface area (Å²) in [6, 6.07) is 12.3. The quantitative estimate of drug-likeness (QED) is 0.935. The number of aryl methyl sites for hydroxylation is 1. The third kappa shape index (κ3) is 3.30. The molecule has 21 heavy (non-hydrogen) atoms. The van der Waals surface area contributed by atoms with E-state index < -0.39 is 0 Å². The van der Waals surface area contributed by atoms with Crippen LogP contribution in [0.25, 0.3) is 0 Å². The normalized spacial score (nSPS) is 17.0. The van der Waals surface area contributed by atoms with Crippen LogP contribution >= 0.6 is 0 Å². The molecule has 1 aliphatic carbocycles. The number of aromatic nitrogens is 1. The zero-order valence-electron chi connectivity index (χ0n) is 12.1. The second-order valence-corrected chi connectivity index (χ2v) is 5.55. The summed E-state index contributed by atoms with van der Waals surface area (Å²) in [6.07, 6.45) is 7.58. The fraction of sp³-hybridized carbons (Fsp3) is 0.333. The minimum absolute atomic E-state index is 0.0175. The Kier molecular flexibility index (Phi) is 4.29. The first-order valence-corrected chi connectivity index (χ1v) is 7.59. The molecule has 0 aliphatic heterocycles. The van der Waals surface area contributed by atoms with Crippen LogP contribution < -0.4 is 5.32 Å². The number of nitrogens with zero attached hydrogens (tertiary/aromatic N) is 1. The van der Waals surface area contributed by atoms with Crippen LogP contribution in [-0.2, 0) is 17.6 Å². The lowest BCUT2D eigenvalue weighted by Crippen LogP contribution is -2.32. The molecule has 0 radical (unpaired) electrons. The molecule has 1 aromatic heterocycles. The minimum atomic E-state index is 0.0175. The number of carbonyl (C=O) groups is 1. The molecule has 0 fully saturated rings. The lowest BCUT2D eigenvalue weighted by molar-refractivity contribution is -0.122. The first-order valence-electron chi connectivity index (χ1n) is 7.59. The predicted molar refractivity (Wildman–Crippen MR) is 83.1 cm³/mol. The van der Waals surface area contributed by atoms with Gasteiger partial charge in [0, 0.05) is 18.9 Å². The Morgan fingerprint density at radius 2 is 2.14 bits per heavy atom. The fourth-order valence-corrected chi connectivity index (χ4v) is 3.03. The summed E-state index contributed by atoms with van der Waals surface area (Å²) in [5.41, 5.74) is 3.70. The summed E-state index contributed by atoms with van der Waals surface area (Å²) in [4.78, 5) is 16.5. The van der Waals surface area contributed by atoms with Crippen LogP contribution in [0, 0.1) is 0 Å². The summed E-state index contributed by atoms with van der Waals surface area (Å²) in [5, 5.41) is 3.08. The van der Waals surface area contributed by atoms with Gasteiger partial charge in [0.15, 0.2) is 0 Å². The van der Waals surface area contributed by atoms with Gasteiger partial charge in [0.05, 0.1) is 5.92 Å². The van der Waals surface area contributed by atoms with Gasteiger partial charge in [-0.15, -0.1) is 0 Å². The molecule has 1 N–H and O–H groups in total. The summed E-state index contributed by atoms with van der Waals surface area (Å²) < 4.78 is 0. The molecule has 3 rings (SSSR count). The van der Waals surface area contributed by atoms with Crippen molar-refractivity contribution in [3.8, 4) is 0 Å². The van der Waals surface area contributed by atoms with Crippen molar-refractivity contribution in [2.45, 2.75) is 31.6 Å². The lowest BCUT2D eigenvalue weighted by atomic mass is 9.82. The smallest absolute Gasteiger partial charge is 0.227 e. The molecule has 0 bridgehead atoms. The first kappa shape index (κ1) is 13.8. The third-order valence-corrected chi connectivity index (χ3v) is 4.12. The predicted octanol–water partition coefficient (Wildman–Crippen LogP) is 2.86. The lowest BCUT2D eigenvalue weighted by Gasteiger charge is -2.24. The average Bonchev–Trinajstić information content (AvgIpc) is 2.55. The molecule has 108 valence electrons. The van der Waals surface area contributed by atoms with Crippen LogP contribution in [0.1, 0.15) is 35.4 Å². The van der Waals surface area contributed by atoms with Crippen molar-refractivity contribution < 1.29 is 4.79 Å². The molecule has 3 heteroatoms. The Bertz CT molecular complexity index is 610. The Labute approximate surface area is 125 Å². The summed E-state index contributed by atoms with van der Waals surface area (Å²) in [7, 11) is 0. The standard InChI is InChI=1S/C18H20N2O/c21-18(20-12-10-14-5-4-11-19-13-14)17-9-3-7-15-6-1-2-8-16(15)17/h1-2,4-6,8,11,13,17H,3,7,9-10,12H2,(H,20,21). The van der Waals surface area contributed by atoms with E-state index in [1.165, 1.54) is 11.1 Å². The van der Waals surface area contributed by atoms with Crippen LogP contribution in [0.4, 0.5) is 0 Å². The molecule has 1 amide bonds. The average molecular weight is 280 g/mol. The van der Waals surface area contributed by atoms with Crippen LogP contribution in [0.5, 0.6) is 0 Å². The zero-order valence-corrected chi connectivity index (χ0v) is 12.1. The fourth-order valence-electron chi connectivity index (χ4n) is 3.03. The van der Waals surface area contributed by atoms with E-state index in [1.54, 1.807) is 6.20 Å². The second-order valence-electron chi connectivity index (χ2n) is 5.55. The van der Waals surface area contributed by atoms with E-state index in [1.807, 2.05) is 24.4 Å². The molecule has 1 unspecified atom stereocenters. The van der Waals surface area contributed by atoms with Crippen molar-refractivity contribution in [3.05, 3.63) is 65.5 Å². The topological polar surface area (TPSA) is 42.0 Å². The molecule has 1 heterocycles. The van der Waals surface area contributed by atoms with Crippen molar-refractivity contribution in [2.75, 3.05) is 6.54 Å². The van der Waals surface area contributed by atoms with Gasteiger partial charge in [-0.05, 0) is 48.4 Å². The maximum atomic E-state index is 12.4. The largest absolute Gasteiger partial charge is 0.355 e. The van der Waals surface area contributed by atoms with E-state index >= 15 is 0 Å². The van der Waals surface area contributed by atoms with Crippen LogP contribution in [0.15, 0.2) is 48.8 Å². The monoisotopic (exact) mass is 280 g/mol. The molecule has 1 atom stereocenters. The van der Waals surface area contributed by atoms with E-state index in [9.17, 15) is 4.79 Å². The third-order valence-electron chi connectivity index (χ3n) is 4.12. The van der Waals surface area contributed by atoms with Gasteiger partial charge in [0.1, 0.15) is 0 Å². The van der Waals surface area contributed by atoms with E-state index in [2.05, 4.69) is 28.5 Å². The van der Waals surface area contributed by atoms with Gasteiger partial charge in [-0.1, -0.05) is 30.3 Å². The Balaban J connectivity index is 1.59. The summed E-state index contributed by atoms with van der Waals surface area (Å²) >= 11 is 0. The van der Waals surface area contributed by atoms with Crippen molar-refractivity contribution in [1.29, 1.82) is 0 Å². The van der Waals surface area contributed by atoms with Crippen molar-refractivity contribution >= 4 is 5.91 Å². The number of hydrogen-bond acceptors (Lipinski definition) is 2. The Morgan fingerprint density at radius 1 is 1.24 bits per heavy atom. The summed E-state index contributed by atoms with van der Waals surface area (Å²) in [6.45, 7) is 0.670. The Morgan fingerprint density at radius 3 is 3.00 bits per heavy atom.